The Bertz CT molecular complexity index is 1080. The summed E-state index contributed by atoms with van der Waals surface area (Å²) >= 11 is 0. The highest BCUT2D eigenvalue weighted by Crippen LogP contribution is 2.32. The Morgan fingerprint density at radius 1 is 1.19 bits per heavy atom. The highest BCUT2D eigenvalue weighted by molar-refractivity contribution is 5.79. The number of amides is 1. The van der Waals surface area contributed by atoms with Gasteiger partial charge in [0.05, 0.1) is 26.5 Å². The van der Waals surface area contributed by atoms with Crippen LogP contribution in [0.5, 0.6) is 5.75 Å². The van der Waals surface area contributed by atoms with Gasteiger partial charge in [-0.2, -0.15) is 0 Å². The van der Waals surface area contributed by atoms with Gasteiger partial charge in [0, 0.05) is 56.9 Å². The molecule has 0 aliphatic carbocycles. The zero-order chi connectivity index (χ0) is 22.0. The zero-order valence-corrected chi connectivity index (χ0v) is 18.1. The second-order valence-electron chi connectivity index (χ2n) is 8.01. The van der Waals surface area contributed by atoms with Gasteiger partial charge in [-0.3, -0.25) is 14.2 Å². The Morgan fingerprint density at radius 2 is 1.94 bits per heavy atom. The van der Waals surface area contributed by atoms with Crippen molar-refractivity contribution >= 4 is 17.4 Å². The van der Waals surface area contributed by atoms with Crippen molar-refractivity contribution in [1.82, 2.24) is 19.3 Å². The van der Waals surface area contributed by atoms with Gasteiger partial charge in [0.25, 0.3) is 0 Å². The van der Waals surface area contributed by atoms with Gasteiger partial charge in [0.1, 0.15) is 17.3 Å². The van der Waals surface area contributed by atoms with Crippen molar-refractivity contribution in [1.29, 1.82) is 0 Å². The molecule has 5 rings (SSSR count). The number of nitrogens with zero attached hydrogens (tertiary/aromatic N) is 4. The van der Waals surface area contributed by atoms with E-state index in [2.05, 4.69) is 10.3 Å². The minimum atomic E-state index is -0.465. The summed E-state index contributed by atoms with van der Waals surface area (Å²) in [4.78, 5) is 23.6. The fourth-order valence-electron chi connectivity index (χ4n) is 4.35. The molecular formula is C23H27N5O4. The number of benzene rings is 1. The summed E-state index contributed by atoms with van der Waals surface area (Å²) in [6, 6.07) is 7.76. The van der Waals surface area contributed by atoms with Crippen LogP contribution in [-0.2, 0) is 14.3 Å². The molecule has 2 saturated heterocycles. The zero-order valence-electron chi connectivity index (χ0n) is 18.1. The molecule has 1 aromatic carbocycles. The van der Waals surface area contributed by atoms with Crippen molar-refractivity contribution in [3.05, 3.63) is 42.9 Å². The topological polar surface area (TPSA) is 90.2 Å². The molecule has 0 radical (unpaired) electrons. The molecule has 4 heterocycles. The number of hydrogen-bond donors (Lipinski definition) is 1. The molecular weight excluding hydrogens is 410 g/mol. The first-order chi connectivity index (χ1) is 15.7. The number of imidazole rings is 1. The van der Waals surface area contributed by atoms with Crippen molar-refractivity contribution in [2.45, 2.75) is 25.0 Å². The standard InChI is InChI=1S/C23H27N5O4/c1-30-18-4-2-17(3-5-18)21-22(28-13-10-24-16-19(28)26-21)25-9-6-20(29)27-11-7-23(8-12-27)31-14-15-32-23/h2-5,10,13,16,25H,6-9,11-12,14-15H2,1H3. The second-order valence-corrected chi connectivity index (χ2v) is 8.01. The van der Waals surface area contributed by atoms with Gasteiger partial charge >= 0.3 is 0 Å². The molecule has 1 spiro atoms. The quantitative estimate of drug-likeness (QED) is 0.634. The van der Waals surface area contributed by atoms with E-state index in [0.717, 1.165) is 41.3 Å². The van der Waals surface area contributed by atoms with Crippen LogP contribution in [0, 0.1) is 0 Å². The van der Waals surface area contributed by atoms with Crippen molar-refractivity contribution in [3.8, 4) is 17.0 Å². The maximum atomic E-state index is 12.8. The third-order valence-corrected chi connectivity index (χ3v) is 6.12. The first-order valence-electron chi connectivity index (χ1n) is 10.9. The average molecular weight is 438 g/mol. The molecule has 2 aliphatic rings. The number of rotatable bonds is 6. The Labute approximate surface area is 186 Å². The van der Waals surface area contributed by atoms with E-state index < -0.39 is 5.79 Å². The third kappa shape index (κ3) is 4.01. The molecule has 32 heavy (non-hydrogen) atoms. The van der Waals surface area contributed by atoms with Crippen LogP contribution in [0.1, 0.15) is 19.3 Å². The van der Waals surface area contributed by atoms with Crippen molar-refractivity contribution in [2.75, 3.05) is 45.3 Å². The monoisotopic (exact) mass is 437 g/mol. The lowest BCUT2D eigenvalue weighted by Crippen LogP contribution is -2.47. The van der Waals surface area contributed by atoms with Crippen LogP contribution in [0.2, 0.25) is 0 Å². The molecule has 9 heteroatoms. The number of methoxy groups -OCH3 is 1. The molecule has 0 unspecified atom stereocenters. The van der Waals surface area contributed by atoms with Crippen molar-refractivity contribution < 1.29 is 19.0 Å². The fourth-order valence-corrected chi connectivity index (χ4v) is 4.35. The number of piperidine rings is 1. The molecule has 0 bridgehead atoms. The SMILES string of the molecule is COc1ccc(-c2nc3cnccn3c2NCCC(=O)N2CCC3(CC2)OCCO3)cc1. The summed E-state index contributed by atoms with van der Waals surface area (Å²) in [5.74, 6) is 1.29. The number of fused-ring (bicyclic) bond motifs is 1. The predicted molar refractivity (Wildman–Crippen MR) is 119 cm³/mol. The number of carbonyl (C=O) groups excluding carboxylic acids is 1. The molecule has 2 fully saturated rings. The maximum Gasteiger partial charge on any atom is 0.224 e. The smallest absolute Gasteiger partial charge is 0.224 e. The van der Waals surface area contributed by atoms with Crippen molar-refractivity contribution in [2.24, 2.45) is 0 Å². The van der Waals surface area contributed by atoms with E-state index in [1.54, 1.807) is 19.5 Å². The Hall–Kier alpha value is -3.17. The van der Waals surface area contributed by atoms with Crippen molar-refractivity contribution in [3.63, 3.8) is 0 Å². The molecule has 1 N–H and O–H groups in total. The first-order valence-corrected chi connectivity index (χ1v) is 10.9. The fraction of sp³-hybridized carbons (Fsp3) is 0.435. The lowest BCUT2D eigenvalue weighted by Gasteiger charge is -2.37. The van der Waals surface area contributed by atoms with Gasteiger partial charge in [-0.1, -0.05) is 0 Å². The normalized spacial score (nSPS) is 17.7. The van der Waals surface area contributed by atoms with E-state index in [-0.39, 0.29) is 5.91 Å². The lowest BCUT2D eigenvalue weighted by atomic mass is 10.0. The minimum absolute atomic E-state index is 0.131. The molecule has 0 saturated carbocycles. The summed E-state index contributed by atoms with van der Waals surface area (Å²) in [6.45, 7) is 3.12. The number of aromatic nitrogens is 3. The van der Waals surface area contributed by atoms with Gasteiger partial charge in [0.15, 0.2) is 11.4 Å². The molecule has 3 aromatic rings. The largest absolute Gasteiger partial charge is 0.497 e. The maximum absolute atomic E-state index is 12.8. The molecule has 168 valence electrons. The number of hydrogen-bond acceptors (Lipinski definition) is 7. The van der Waals surface area contributed by atoms with E-state index in [4.69, 9.17) is 19.2 Å². The van der Waals surface area contributed by atoms with Gasteiger partial charge in [0.2, 0.25) is 5.91 Å². The summed E-state index contributed by atoms with van der Waals surface area (Å²) in [6.07, 6.45) is 7.17. The van der Waals surface area contributed by atoms with E-state index >= 15 is 0 Å². The minimum Gasteiger partial charge on any atom is -0.497 e. The highest BCUT2D eigenvalue weighted by Gasteiger charge is 2.40. The second kappa shape index (κ2) is 8.76. The lowest BCUT2D eigenvalue weighted by molar-refractivity contribution is -0.187. The van der Waals surface area contributed by atoms with Crippen LogP contribution in [-0.4, -0.2) is 70.9 Å². The number of nitrogens with one attached hydrogen (secondary N) is 1. The van der Waals surface area contributed by atoms with Crippen LogP contribution in [0.25, 0.3) is 16.9 Å². The van der Waals surface area contributed by atoms with E-state index in [1.807, 2.05) is 39.8 Å². The van der Waals surface area contributed by atoms with Gasteiger partial charge < -0.3 is 24.4 Å². The molecule has 1 amide bonds. The van der Waals surface area contributed by atoms with Crippen LogP contribution >= 0.6 is 0 Å². The number of carbonyl (C=O) groups is 1. The first kappa shape index (κ1) is 20.7. The number of anilines is 1. The molecule has 9 nitrogen and oxygen atoms in total. The predicted octanol–water partition coefficient (Wildman–Crippen LogP) is 2.57. The summed E-state index contributed by atoms with van der Waals surface area (Å²) in [5.41, 5.74) is 2.51. The van der Waals surface area contributed by atoms with Crippen LogP contribution in [0.4, 0.5) is 5.82 Å². The van der Waals surface area contributed by atoms with Crippen LogP contribution in [0.3, 0.4) is 0 Å². The van der Waals surface area contributed by atoms with E-state index in [1.165, 1.54) is 0 Å². The Morgan fingerprint density at radius 3 is 2.66 bits per heavy atom. The van der Waals surface area contributed by atoms with Gasteiger partial charge in [-0.05, 0) is 24.3 Å². The Kier molecular flexibility index (Phi) is 5.67. The highest BCUT2D eigenvalue weighted by atomic mass is 16.7. The molecule has 2 aromatic heterocycles. The van der Waals surface area contributed by atoms with E-state index in [9.17, 15) is 4.79 Å². The number of likely N-dealkylation sites (tertiary alicyclic amines) is 1. The van der Waals surface area contributed by atoms with E-state index in [0.29, 0.717) is 39.3 Å². The summed E-state index contributed by atoms with van der Waals surface area (Å²) in [7, 11) is 1.64. The van der Waals surface area contributed by atoms with Crippen LogP contribution in [0.15, 0.2) is 42.9 Å². The number of ether oxygens (including phenoxy) is 3. The summed E-state index contributed by atoms with van der Waals surface area (Å²) in [5, 5.41) is 3.43. The van der Waals surface area contributed by atoms with Crippen LogP contribution < -0.4 is 10.1 Å². The summed E-state index contributed by atoms with van der Waals surface area (Å²) < 4.78 is 18.7. The Balaban J connectivity index is 1.26. The average Bonchev–Trinajstić information content (AvgIpc) is 3.44. The molecule has 0 atom stereocenters. The van der Waals surface area contributed by atoms with Gasteiger partial charge in [-0.25, -0.2) is 4.98 Å². The van der Waals surface area contributed by atoms with Gasteiger partial charge in [-0.15, -0.1) is 0 Å². The molecule has 2 aliphatic heterocycles. The third-order valence-electron chi connectivity index (χ3n) is 6.12.